The SMILES string of the molecule is CC1Cc2c3c(cc(Cl)c2O1)C=NC(C(C)(C)C)C3. The van der Waals surface area contributed by atoms with Crippen molar-refractivity contribution in [3.05, 3.63) is 27.8 Å². The summed E-state index contributed by atoms with van der Waals surface area (Å²) in [6, 6.07) is 2.33. The van der Waals surface area contributed by atoms with Gasteiger partial charge in [0, 0.05) is 18.2 Å². The average molecular weight is 278 g/mol. The van der Waals surface area contributed by atoms with Gasteiger partial charge in [-0.1, -0.05) is 32.4 Å². The maximum atomic E-state index is 6.31. The largest absolute Gasteiger partial charge is 0.489 e. The smallest absolute Gasteiger partial charge is 0.141 e. The second-order valence-electron chi connectivity index (χ2n) is 6.73. The quantitative estimate of drug-likeness (QED) is 0.701. The van der Waals surface area contributed by atoms with Gasteiger partial charge in [0.15, 0.2) is 0 Å². The summed E-state index contributed by atoms with van der Waals surface area (Å²) in [6.45, 7) is 8.83. The van der Waals surface area contributed by atoms with Crippen LogP contribution in [0.25, 0.3) is 0 Å². The molecule has 2 heterocycles. The molecular weight excluding hydrogens is 258 g/mol. The van der Waals surface area contributed by atoms with E-state index in [1.807, 2.05) is 12.3 Å². The van der Waals surface area contributed by atoms with Gasteiger partial charge in [0.1, 0.15) is 11.9 Å². The maximum absolute atomic E-state index is 6.31. The summed E-state index contributed by atoms with van der Waals surface area (Å²) in [4.78, 5) is 4.70. The lowest BCUT2D eigenvalue weighted by Gasteiger charge is -2.31. The van der Waals surface area contributed by atoms with Gasteiger partial charge in [-0.2, -0.15) is 0 Å². The zero-order valence-electron chi connectivity index (χ0n) is 12.0. The Kier molecular flexibility index (Phi) is 2.90. The molecule has 102 valence electrons. The van der Waals surface area contributed by atoms with Crippen molar-refractivity contribution in [3.8, 4) is 5.75 Å². The molecule has 0 radical (unpaired) electrons. The summed E-state index contributed by atoms with van der Waals surface area (Å²) < 4.78 is 5.85. The van der Waals surface area contributed by atoms with Crippen LogP contribution in [0.5, 0.6) is 5.75 Å². The van der Waals surface area contributed by atoms with E-state index in [1.165, 1.54) is 16.7 Å². The first-order chi connectivity index (χ1) is 8.86. The van der Waals surface area contributed by atoms with Crippen LogP contribution < -0.4 is 4.74 Å². The van der Waals surface area contributed by atoms with E-state index < -0.39 is 0 Å². The van der Waals surface area contributed by atoms with Crippen molar-refractivity contribution >= 4 is 17.8 Å². The molecule has 0 aliphatic carbocycles. The molecule has 0 aromatic heterocycles. The first-order valence-electron chi connectivity index (χ1n) is 6.90. The molecule has 0 bridgehead atoms. The van der Waals surface area contributed by atoms with Crippen LogP contribution in [-0.4, -0.2) is 18.4 Å². The van der Waals surface area contributed by atoms with E-state index in [4.69, 9.17) is 21.3 Å². The lowest BCUT2D eigenvalue weighted by atomic mass is 9.79. The van der Waals surface area contributed by atoms with E-state index in [9.17, 15) is 0 Å². The highest BCUT2D eigenvalue weighted by molar-refractivity contribution is 6.32. The molecule has 1 aromatic rings. The normalized spacial score (nSPS) is 24.9. The fourth-order valence-electron chi connectivity index (χ4n) is 2.92. The van der Waals surface area contributed by atoms with Crippen LogP contribution in [0.3, 0.4) is 0 Å². The van der Waals surface area contributed by atoms with E-state index >= 15 is 0 Å². The van der Waals surface area contributed by atoms with Crippen molar-refractivity contribution in [3.63, 3.8) is 0 Å². The topological polar surface area (TPSA) is 21.6 Å². The van der Waals surface area contributed by atoms with E-state index in [1.54, 1.807) is 0 Å². The summed E-state index contributed by atoms with van der Waals surface area (Å²) >= 11 is 6.31. The van der Waals surface area contributed by atoms with Gasteiger partial charge in [-0.15, -0.1) is 0 Å². The number of ether oxygens (including phenoxy) is 1. The van der Waals surface area contributed by atoms with Crippen LogP contribution in [0.15, 0.2) is 11.1 Å². The van der Waals surface area contributed by atoms with Crippen LogP contribution in [-0.2, 0) is 12.8 Å². The van der Waals surface area contributed by atoms with Crippen molar-refractivity contribution in [1.29, 1.82) is 0 Å². The van der Waals surface area contributed by atoms with Gasteiger partial charge in [0.25, 0.3) is 0 Å². The highest BCUT2D eigenvalue weighted by atomic mass is 35.5. The van der Waals surface area contributed by atoms with Gasteiger partial charge in [-0.3, -0.25) is 4.99 Å². The van der Waals surface area contributed by atoms with Gasteiger partial charge in [0.05, 0.1) is 11.1 Å². The first kappa shape index (κ1) is 13.0. The first-order valence-corrected chi connectivity index (χ1v) is 7.28. The molecular formula is C16H20ClNO. The van der Waals surface area contributed by atoms with Gasteiger partial charge < -0.3 is 4.74 Å². The molecule has 0 fully saturated rings. The summed E-state index contributed by atoms with van der Waals surface area (Å²) in [5.74, 6) is 0.899. The number of benzene rings is 1. The summed E-state index contributed by atoms with van der Waals surface area (Å²) in [5, 5.41) is 0.721. The molecule has 0 amide bonds. The van der Waals surface area contributed by atoms with E-state index in [0.29, 0.717) is 6.04 Å². The average Bonchev–Trinajstić information content (AvgIpc) is 2.70. The number of aliphatic imine (C=N–C) groups is 1. The molecule has 3 rings (SSSR count). The maximum Gasteiger partial charge on any atom is 0.141 e. The molecule has 2 unspecified atom stereocenters. The van der Waals surface area contributed by atoms with Gasteiger partial charge in [-0.25, -0.2) is 0 Å². The third-order valence-corrected chi connectivity index (χ3v) is 4.37. The number of hydrogen-bond donors (Lipinski definition) is 0. The molecule has 2 atom stereocenters. The zero-order chi connectivity index (χ0) is 13.8. The van der Waals surface area contributed by atoms with Crippen molar-refractivity contribution in [2.45, 2.75) is 52.7 Å². The van der Waals surface area contributed by atoms with Gasteiger partial charge in [0.2, 0.25) is 0 Å². The number of halogens is 1. The number of nitrogens with zero attached hydrogens (tertiary/aromatic N) is 1. The Morgan fingerprint density at radius 2 is 2.00 bits per heavy atom. The lowest BCUT2D eigenvalue weighted by Crippen LogP contribution is -2.30. The zero-order valence-corrected chi connectivity index (χ0v) is 12.7. The Morgan fingerprint density at radius 3 is 2.68 bits per heavy atom. The fraction of sp³-hybridized carbons (Fsp3) is 0.562. The molecule has 0 saturated heterocycles. The predicted molar refractivity (Wildman–Crippen MR) is 79.8 cm³/mol. The minimum atomic E-state index is 0.186. The van der Waals surface area contributed by atoms with Crippen molar-refractivity contribution < 1.29 is 4.74 Å². The van der Waals surface area contributed by atoms with Crippen LogP contribution >= 0.6 is 11.6 Å². The van der Waals surface area contributed by atoms with Crippen molar-refractivity contribution in [2.24, 2.45) is 10.4 Å². The Balaban J connectivity index is 2.08. The highest BCUT2D eigenvalue weighted by Crippen LogP contribution is 2.42. The van der Waals surface area contributed by atoms with Crippen LogP contribution in [0.4, 0.5) is 0 Å². The Labute approximate surface area is 119 Å². The molecule has 1 aromatic carbocycles. The summed E-state index contributed by atoms with van der Waals surface area (Å²) in [6.07, 6.45) is 4.17. The molecule has 0 saturated carbocycles. The lowest BCUT2D eigenvalue weighted by molar-refractivity contribution is 0.255. The third kappa shape index (κ3) is 2.16. The van der Waals surface area contributed by atoms with Gasteiger partial charge in [-0.05, 0) is 36.0 Å². The van der Waals surface area contributed by atoms with Gasteiger partial charge >= 0.3 is 0 Å². The minimum Gasteiger partial charge on any atom is -0.489 e. The molecule has 0 N–H and O–H groups in total. The second-order valence-corrected chi connectivity index (χ2v) is 7.14. The number of rotatable bonds is 0. The molecule has 2 aliphatic rings. The Hall–Kier alpha value is -1.02. The summed E-state index contributed by atoms with van der Waals surface area (Å²) in [5.41, 5.74) is 4.04. The van der Waals surface area contributed by atoms with Crippen molar-refractivity contribution in [1.82, 2.24) is 0 Å². The number of hydrogen-bond acceptors (Lipinski definition) is 2. The Morgan fingerprint density at radius 1 is 1.26 bits per heavy atom. The van der Waals surface area contributed by atoms with E-state index in [0.717, 1.165) is 23.6 Å². The third-order valence-electron chi connectivity index (χ3n) is 4.09. The standard InChI is InChI=1S/C16H20ClNO/c1-9-5-12-11-7-14(16(2,3)4)18-8-10(11)6-13(17)15(12)19-9/h6,8-9,14H,5,7H2,1-4H3. The van der Waals surface area contributed by atoms with Crippen molar-refractivity contribution in [2.75, 3.05) is 0 Å². The molecule has 19 heavy (non-hydrogen) atoms. The van der Waals surface area contributed by atoms with E-state index in [2.05, 4.69) is 27.7 Å². The minimum absolute atomic E-state index is 0.186. The number of fused-ring (bicyclic) bond motifs is 3. The molecule has 2 aliphatic heterocycles. The van der Waals surface area contributed by atoms with E-state index in [-0.39, 0.29) is 11.5 Å². The highest BCUT2D eigenvalue weighted by Gasteiger charge is 2.32. The second kappa shape index (κ2) is 4.24. The molecule has 0 spiro atoms. The fourth-order valence-corrected chi connectivity index (χ4v) is 3.20. The molecule has 3 heteroatoms. The molecule has 2 nitrogen and oxygen atoms in total. The van der Waals surface area contributed by atoms with Crippen LogP contribution in [0.1, 0.15) is 44.4 Å². The van der Waals surface area contributed by atoms with Crippen LogP contribution in [0.2, 0.25) is 5.02 Å². The Bertz CT molecular complexity index is 557. The monoisotopic (exact) mass is 277 g/mol. The predicted octanol–water partition coefficient (Wildman–Crippen LogP) is 4.05. The van der Waals surface area contributed by atoms with Crippen LogP contribution in [0, 0.1) is 5.41 Å². The summed E-state index contributed by atoms with van der Waals surface area (Å²) in [7, 11) is 0.